The van der Waals surface area contributed by atoms with E-state index < -0.39 is 0 Å². The summed E-state index contributed by atoms with van der Waals surface area (Å²) in [5, 5.41) is 0. The molecule has 3 heteroatoms. The lowest BCUT2D eigenvalue weighted by atomic mass is 9.92. The number of halogens is 1. The molecule has 0 atom stereocenters. The third-order valence-electron chi connectivity index (χ3n) is 2.76. The molecule has 0 radical (unpaired) electrons. The molecule has 0 aromatic heterocycles. The van der Waals surface area contributed by atoms with Crippen molar-refractivity contribution in [3.8, 4) is 0 Å². The minimum Gasteiger partial charge on any atom is -0.466 e. The monoisotopic (exact) mass is 292 g/mol. The van der Waals surface area contributed by atoms with Crippen LogP contribution in [0.25, 0.3) is 5.57 Å². The highest BCUT2D eigenvalue weighted by atomic mass is 79.9. The van der Waals surface area contributed by atoms with Gasteiger partial charge in [-0.15, -0.1) is 0 Å². The Kier molecular flexibility index (Phi) is 3.79. The van der Waals surface area contributed by atoms with Crippen LogP contribution in [0.4, 0.5) is 0 Å². The van der Waals surface area contributed by atoms with Crippen LogP contribution in [0.3, 0.4) is 0 Å². The van der Waals surface area contributed by atoms with Gasteiger partial charge in [-0.05, 0) is 36.1 Å². The van der Waals surface area contributed by atoms with Gasteiger partial charge in [0.15, 0.2) is 0 Å². The van der Waals surface area contributed by atoms with Crippen LogP contribution in [-0.4, -0.2) is 13.1 Å². The Hall–Kier alpha value is -1.35. The number of hydrogen-bond donors (Lipinski definition) is 0. The van der Waals surface area contributed by atoms with Gasteiger partial charge < -0.3 is 4.74 Å². The van der Waals surface area contributed by atoms with Crippen molar-refractivity contribution in [3.63, 3.8) is 0 Å². The standard InChI is InChI=1S/C14H13BrO2/c1-17-14(16)13-5-3-2-4-12(13)10-6-8-11(15)9-7-10/h2,4,6-9H,3,5H2,1H3. The number of methoxy groups -OCH3 is 1. The summed E-state index contributed by atoms with van der Waals surface area (Å²) >= 11 is 3.40. The lowest BCUT2D eigenvalue weighted by Gasteiger charge is -2.14. The van der Waals surface area contributed by atoms with Crippen molar-refractivity contribution >= 4 is 27.5 Å². The first-order chi connectivity index (χ1) is 8.22. The van der Waals surface area contributed by atoms with Crippen molar-refractivity contribution in [2.45, 2.75) is 12.8 Å². The summed E-state index contributed by atoms with van der Waals surface area (Å²) in [6, 6.07) is 7.94. The van der Waals surface area contributed by atoms with E-state index >= 15 is 0 Å². The van der Waals surface area contributed by atoms with Gasteiger partial charge >= 0.3 is 5.97 Å². The first-order valence-electron chi connectivity index (χ1n) is 5.46. The van der Waals surface area contributed by atoms with Gasteiger partial charge in [-0.2, -0.15) is 0 Å². The summed E-state index contributed by atoms with van der Waals surface area (Å²) in [6.07, 6.45) is 5.72. The summed E-state index contributed by atoms with van der Waals surface area (Å²) < 4.78 is 5.85. The van der Waals surface area contributed by atoms with Crippen LogP contribution < -0.4 is 0 Å². The number of esters is 1. The van der Waals surface area contributed by atoms with Crippen LogP contribution in [-0.2, 0) is 9.53 Å². The zero-order valence-corrected chi connectivity index (χ0v) is 11.2. The molecule has 2 rings (SSSR count). The van der Waals surface area contributed by atoms with Crippen LogP contribution in [0.1, 0.15) is 18.4 Å². The van der Waals surface area contributed by atoms with Gasteiger partial charge in [-0.25, -0.2) is 4.79 Å². The third kappa shape index (κ3) is 2.67. The van der Waals surface area contributed by atoms with E-state index in [0.29, 0.717) is 0 Å². The van der Waals surface area contributed by atoms with Crippen LogP contribution >= 0.6 is 15.9 Å². The number of ether oxygens (including phenoxy) is 1. The molecule has 0 heterocycles. The van der Waals surface area contributed by atoms with E-state index in [-0.39, 0.29) is 5.97 Å². The minimum absolute atomic E-state index is 0.229. The average Bonchev–Trinajstić information content (AvgIpc) is 2.39. The second kappa shape index (κ2) is 5.32. The maximum absolute atomic E-state index is 11.7. The second-order valence-electron chi connectivity index (χ2n) is 3.83. The van der Waals surface area contributed by atoms with Gasteiger partial charge in [0.1, 0.15) is 0 Å². The Labute approximate surface area is 109 Å². The van der Waals surface area contributed by atoms with Crippen molar-refractivity contribution in [1.82, 2.24) is 0 Å². The van der Waals surface area contributed by atoms with Crippen LogP contribution in [0, 0.1) is 0 Å². The van der Waals surface area contributed by atoms with Gasteiger partial charge in [0.05, 0.1) is 7.11 Å². The number of rotatable bonds is 2. The van der Waals surface area contributed by atoms with Crippen molar-refractivity contribution in [3.05, 3.63) is 52.0 Å². The van der Waals surface area contributed by atoms with E-state index in [1.165, 1.54) is 7.11 Å². The second-order valence-corrected chi connectivity index (χ2v) is 4.75. The molecule has 0 unspecified atom stereocenters. The maximum atomic E-state index is 11.7. The van der Waals surface area contributed by atoms with Crippen molar-refractivity contribution < 1.29 is 9.53 Å². The van der Waals surface area contributed by atoms with E-state index in [2.05, 4.69) is 22.0 Å². The third-order valence-corrected chi connectivity index (χ3v) is 3.29. The quantitative estimate of drug-likeness (QED) is 0.777. The summed E-state index contributed by atoms with van der Waals surface area (Å²) in [6.45, 7) is 0. The molecule has 88 valence electrons. The number of hydrogen-bond acceptors (Lipinski definition) is 2. The van der Waals surface area contributed by atoms with Crippen LogP contribution in [0.15, 0.2) is 46.5 Å². The molecule has 2 nitrogen and oxygen atoms in total. The Bertz CT molecular complexity index is 483. The Morgan fingerprint density at radius 2 is 2.00 bits per heavy atom. The van der Waals surface area contributed by atoms with E-state index in [4.69, 9.17) is 4.74 Å². The largest absolute Gasteiger partial charge is 0.466 e. The van der Waals surface area contributed by atoms with E-state index in [9.17, 15) is 4.79 Å². The van der Waals surface area contributed by atoms with Crippen molar-refractivity contribution in [2.75, 3.05) is 7.11 Å². The smallest absolute Gasteiger partial charge is 0.334 e. The molecule has 1 aromatic carbocycles. The van der Waals surface area contributed by atoms with Crippen molar-refractivity contribution in [2.24, 2.45) is 0 Å². The Morgan fingerprint density at radius 1 is 1.29 bits per heavy atom. The predicted molar refractivity (Wildman–Crippen MR) is 71.5 cm³/mol. The molecule has 0 bridgehead atoms. The molecule has 0 aliphatic heterocycles. The van der Waals surface area contributed by atoms with Crippen LogP contribution in [0.5, 0.6) is 0 Å². The summed E-state index contributed by atoms with van der Waals surface area (Å²) in [5.74, 6) is -0.229. The maximum Gasteiger partial charge on any atom is 0.334 e. The van der Waals surface area contributed by atoms with Gasteiger partial charge in [0.2, 0.25) is 0 Å². The fourth-order valence-electron chi connectivity index (χ4n) is 1.90. The van der Waals surface area contributed by atoms with E-state index in [0.717, 1.165) is 34.0 Å². The fraction of sp³-hybridized carbons (Fsp3) is 0.214. The zero-order chi connectivity index (χ0) is 12.3. The molecule has 0 saturated carbocycles. The summed E-state index contributed by atoms with van der Waals surface area (Å²) in [7, 11) is 1.42. The van der Waals surface area contributed by atoms with Gasteiger partial charge in [-0.1, -0.05) is 40.2 Å². The fourth-order valence-corrected chi connectivity index (χ4v) is 2.16. The predicted octanol–water partition coefficient (Wildman–Crippen LogP) is 3.73. The molecule has 1 aromatic rings. The molecule has 1 aliphatic carbocycles. The average molecular weight is 293 g/mol. The number of allylic oxidation sites excluding steroid dienone is 3. The Balaban J connectivity index is 2.45. The molecule has 0 saturated heterocycles. The SMILES string of the molecule is COC(=O)C1=C(c2ccc(Br)cc2)C=CCC1. The molecule has 0 fully saturated rings. The zero-order valence-electron chi connectivity index (χ0n) is 9.57. The molecular weight excluding hydrogens is 280 g/mol. The lowest BCUT2D eigenvalue weighted by molar-refractivity contribution is -0.136. The normalized spacial score (nSPS) is 14.9. The van der Waals surface area contributed by atoms with E-state index in [1.807, 2.05) is 30.3 Å². The molecule has 17 heavy (non-hydrogen) atoms. The Morgan fingerprint density at radius 3 is 2.65 bits per heavy atom. The molecule has 0 N–H and O–H groups in total. The number of carbonyl (C=O) groups excluding carboxylic acids is 1. The van der Waals surface area contributed by atoms with Gasteiger partial charge in [-0.3, -0.25) is 0 Å². The lowest BCUT2D eigenvalue weighted by Crippen LogP contribution is -2.09. The minimum atomic E-state index is -0.229. The van der Waals surface area contributed by atoms with Gasteiger partial charge in [0, 0.05) is 10.0 Å². The molecule has 1 aliphatic rings. The highest BCUT2D eigenvalue weighted by Crippen LogP contribution is 2.29. The molecule has 0 amide bonds. The van der Waals surface area contributed by atoms with Crippen LogP contribution in [0.2, 0.25) is 0 Å². The highest BCUT2D eigenvalue weighted by molar-refractivity contribution is 9.10. The molecular formula is C14H13BrO2. The molecule has 0 spiro atoms. The number of carbonyl (C=O) groups is 1. The topological polar surface area (TPSA) is 26.3 Å². The van der Waals surface area contributed by atoms with Crippen molar-refractivity contribution in [1.29, 1.82) is 0 Å². The first kappa shape index (κ1) is 12.1. The number of benzene rings is 1. The van der Waals surface area contributed by atoms with E-state index in [1.54, 1.807) is 0 Å². The summed E-state index contributed by atoms with van der Waals surface area (Å²) in [4.78, 5) is 11.7. The van der Waals surface area contributed by atoms with Gasteiger partial charge in [0.25, 0.3) is 0 Å². The first-order valence-corrected chi connectivity index (χ1v) is 6.25. The summed E-state index contributed by atoms with van der Waals surface area (Å²) in [5.41, 5.74) is 2.78. The highest BCUT2D eigenvalue weighted by Gasteiger charge is 2.17.